The van der Waals surface area contributed by atoms with Crippen LogP contribution in [0.1, 0.15) is 15.9 Å². The number of nitrogens with zero attached hydrogens (tertiary/aromatic N) is 1. The molecule has 0 aliphatic carbocycles. The van der Waals surface area contributed by atoms with Crippen molar-refractivity contribution in [3.8, 4) is 0 Å². The van der Waals surface area contributed by atoms with Gasteiger partial charge in [-0.2, -0.15) is 0 Å². The SMILES string of the molecule is Cc1ccc(C(=O)Nc2cccn(C)c2=O)cc1. The van der Waals surface area contributed by atoms with Crippen LogP contribution in [0.25, 0.3) is 0 Å². The minimum atomic E-state index is -0.279. The fourth-order valence-electron chi connectivity index (χ4n) is 1.59. The monoisotopic (exact) mass is 242 g/mol. The van der Waals surface area contributed by atoms with Crippen molar-refractivity contribution in [2.75, 3.05) is 5.32 Å². The molecule has 0 aliphatic heterocycles. The van der Waals surface area contributed by atoms with Gasteiger partial charge in [0.05, 0.1) is 0 Å². The third-order valence-corrected chi connectivity index (χ3v) is 2.69. The number of benzene rings is 1. The molecule has 1 amide bonds. The number of aromatic nitrogens is 1. The molecule has 0 saturated heterocycles. The summed E-state index contributed by atoms with van der Waals surface area (Å²) in [5, 5.41) is 2.61. The molecular weight excluding hydrogens is 228 g/mol. The quantitative estimate of drug-likeness (QED) is 0.875. The van der Waals surface area contributed by atoms with E-state index in [1.54, 1.807) is 37.5 Å². The molecule has 1 heterocycles. The van der Waals surface area contributed by atoms with Gasteiger partial charge in [-0.1, -0.05) is 17.7 Å². The highest BCUT2D eigenvalue weighted by Gasteiger charge is 2.08. The maximum atomic E-state index is 11.9. The van der Waals surface area contributed by atoms with Crippen LogP contribution in [0.4, 0.5) is 5.69 Å². The van der Waals surface area contributed by atoms with E-state index in [4.69, 9.17) is 0 Å². The molecule has 4 heteroatoms. The molecule has 0 unspecified atom stereocenters. The number of aryl methyl sites for hydroxylation is 2. The van der Waals surface area contributed by atoms with Crippen LogP contribution in [0.2, 0.25) is 0 Å². The molecule has 92 valence electrons. The highest BCUT2D eigenvalue weighted by Crippen LogP contribution is 2.06. The molecule has 0 saturated carbocycles. The number of carbonyl (C=O) groups is 1. The molecule has 1 aromatic carbocycles. The molecule has 0 bridgehead atoms. The minimum absolute atomic E-state index is 0.224. The molecule has 0 atom stereocenters. The third kappa shape index (κ3) is 2.48. The molecule has 0 fully saturated rings. The lowest BCUT2D eigenvalue weighted by Crippen LogP contribution is -2.23. The van der Waals surface area contributed by atoms with Gasteiger partial charge in [-0.25, -0.2) is 0 Å². The molecule has 18 heavy (non-hydrogen) atoms. The Morgan fingerprint density at radius 2 is 1.83 bits per heavy atom. The molecule has 0 radical (unpaired) electrons. The maximum absolute atomic E-state index is 11.9. The van der Waals surface area contributed by atoms with E-state index in [1.807, 2.05) is 19.1 Å². The molecule has 2 aromatic rings. The predicted octanol–water partition coefficient (Wildman–Crippen LogP) is 1.95. The van der Waals surface area contributed by atoms with Crippen molar-refractivity contribution in [3.63, 3.8) is 0 Å². The van der Waals surface area contributed by atoms with Crippen molar-refractivity contribution in [2.24, 2.45) is 7.05 Å². The number of pyridine rings is 1. The standard InChI is InChI=1S/C14H14N2O2/c1-10-5-7-11(8-6-10)13(17)15-12-4-3-9-16(2)14(12)18/h3-9H,1-2H3,(H,15,17). The summed E-state index contributed by atoms with van der Waals surface area (Å²) < 4.78 is 1.42. The number of anilines is 1. The van der Waals surface area contributed by atoms with Gasteiger partial charge in [0.2, 0.25) is 0 Å². The van der Waals surface area contributed by atoms with E-state index in [0.29, 0.717) is 5.56 Å². The fraction of sp³-hybridized carbons (Fsp3) is 0.143. The van der Waals surface area contributed by atoms with Crippen LogP contribution in [-0.4, -0.2) is 10.5 Å². The maximum Gasteiger partial charge on any atom is 0.274 e. The van der Waals surface area contributed by atoms with Gasteiger partial charge in [0, 0.05) is 18.8 Å². The van der Waals surface area contributed by atoms with Crippen molar-refractivity contribution >= 4 is 11.6 Å². The summed E-state index contributed by atoms with van der Waals surface area (Å²) in [4.78, 5) is 23.7. The number of nitrogens with one attached hydrogen (secondary N) is 1. The summed E-state index contributed by atoms with van der Waals surface area (Å²) in [5.41, 5.74) is 1.68. The van der Waals surface area contributed by atoms with Gasteiger partial charge in [0.15, 0.2) is 0 Å². The highest BCUT2D eigenvalue weighted by molar-refractivity contribution is 6.04. The van der Waals surface area contributed by atoms with Crippen LogP contribution in [0.15, 0.2) is 47.4 Å². The zero-order valence-corrected chi connectivity index (χ0v) is 10.3. The van der Waals surface area contributed by atoms with E-state index in [2.05, 4.69) is 5.32 Å². The number of rotatable bonds is 2. The second kappa shape index (κ2) is 4.87. The average Bonchev–Trinajstić information content (AvgIpc) is 2.36. The summed E-state index contributed by atoms with van der Waals surface area (Å²) in [6, 6.07) is 10.5. The predicted molar refractivity (Wildman–Crippen MR) is 70.8 cm³/mol. The Hall–Kier alpha value is -2.36. The smallest absolute Gasteiger partial charge is 0.274 e. The first kappa shape index (κ1) is 12.1. The molecule has 0 aliphatic rings. The number of amides is 1. The van der Waals surface area contributed by atoms with Gasteiger partial charge in [-0.3, -0.25) is 9.59 Å². The van der Waals surface area contributed by atoms with Crippen molar-refractivity contribution in [1.29, 1.82) is 0 Å². The largest absolute Gasteiger partial charge is 0.317 e. The van der Waals surface area contributed by atoms with Crippen LogP contribution >= 0.6 is 0 Å². The van der Waals surface area contributed by atoms with Crippen molar-refractivity contribution in [2.45, 2.75) is 6.92 Å². The second-order valence-electron chi connectivity index (χ2n) is 4.16. The molecule has 1 N–H and O–H groups in total. The van der Waals surface area contributed by atoms with E-state index in [-0.39, 0.29) is 17.2 Å². The van der Waals surface area contributed by atoms with Crippen LogP contribution in [-0.2, 0) is 7.05 Å². The van der Waals surface area contributed by atoms with E-state index in [9.17, 15) is 9.59 Å². The Morgan fingerprint density at radius 1 is 1.17 bits per heavy atom. The third-order valence-electron chi connectivity index (χ3n) is 2.69. The molecule has 0 spiro atoms. The number of hydrogen-bond donors (Lipinski definition) is 1. The fourth-order valence-corrected chi connectivity index (χ4v) is 1.59. The molecule has 2 rings (SSSR count). The Morgan fingerprint density at radius 3 is 2.50 bits per heavy atom. The normalized spacial score (nSPS) is 10.1. The Bertz CT molecular complexity index is 627. The van der Waals surface area contributed by atoms with Crippen molar-refractivity contribution in [3.05, 3.63) is 64.1 Å². The lowest BCUT2D eigenvalue weighted by Gasteiger charge is -2.06. The van der Waals surface area contributed by atoms with Crippen LogP contribution in [0.5, 0.6) is 0 Å². The Kier molecular flexibility index (Phi) is 3.28. The second-order valence-corrected chi connectivity index (χ2v) is 4.16. The summed E-state index contributed by atoms with van der Waals surface area (Å²) in [6.07, 6.45) is 1.64. The highest BCUT2D eigenvalue weighted by atomic mass is 16.2. The first-order chi connectivity index (χ1) is 8.58. The van der Waals surface area contributed by atoms with E-state index >= 15 is 0 Å². The van der Waals surface area contributed by atoms with Crippen molar-refractivity contribution in [1.82, 2.24) is 4.57 Å². The first-order valence-corrected chi connectivity index (χ1v) is 5.61. The van der Waals surface area contributed by atoms with Gasteiger partial charge >= 0.3 is 0 Å². The van der Waals surface area contributed by atoms with Gasteiger partial charge in [0.1, 0.15) is 5.69 Å². The first-order valence-electron chi connectivity index (χ1n) is 5.61. The van der Waals surface area contributed by atoms with Crippen LogP contribution < -0.4 is 10.9 Å². The van der Waals surface area contributed by atoms with E-state index < -0.39 is 0 Å². The molecule has 1 aromatic heterocycles. The zero-order chi connectivity index (χ0) is 13.1. The number of carbonyl (C=O) groups excluding carboxylic acids is 1. The lowest BCUT2D eigenvalue weighted by molar-refractivity contribution is 0.102. The van der Waals surface area contributed by atoms with Crippen LogP contribution in [0.3, 0.4) is 0 Å². The van der Waals surface area contributed by atoms with Crippen LogP contribution in [0, 0.1) is 6.92 Å². The molecule has 4 nitrogen and oxygen atoms in total. The van der Waals surface area contributed by atoms with Gasteiger partial charge in [-0.15, -0.1) is 0 Å². The Balaban J connectivity index is 2.24. The summed E-state index contributed by atoms with van der Waals surface area (Å²) >= 11 is 0. The van der Waals surface area contributed by atoms with Gasteiger partial charge in [0.25, 0.3) is 11.5 Å². The zero-order valence-electron chi connectivity index (χ0n) is 10.3. The van der Waals surface area contributed by atoms with E-state index in [1.165, 1.54) is 4.57 Å². The summed E-state index contributed by atoms with van der Waals surface area (Å²) in [5.74, 6) is -0.279. The van der Waals surface area contributed by atoms with Gasteiger partial charge < -0.3 is 9.88 Å². The van der Waals surface area contributed by atoms with Crippen molar-refractivity contribution < 1.29 is 4.79 Å². The summed E-state index contributed by atoms with van der Waals surface area (Å²) in [6.45, 7) is 1.95. The molecular formula is C14H14N2O2. The Labute approximate surface area is 105 Å². The minimum Gasteiger partial charge on any atom is -0.317 e. The average molecular weight is 242 g/mol. The van der Waals surface area contributed by atoms with Gasteiger partial charge in [-0.05, 0) is 31.2 Å². The van der Waals surface area contributed by atoms with E-state index in [0.717, 1.165) is 5.56 Å². The summed E-state index contributed by atoms with van der Waals surface area (Å²) in [7, 11) is 1.64. The topological polar surface area (TPSA) is 51.1 Å². The number of hydrogen-bond acceptors (Lipinski definition) is 2. The lowest BCUT2D eigenvalue weighted by atomic mass is 10.1.